The van der Waals surface area contributed by atoms with Crippen LogP contribution in [0.15, 0.2) is 24.3 Å². The summed E-state index contributed by atoms with van der Waals surface area (Å²) in [6.07, 6.45) is 1.09. The number of carbonyl (C=O) groups is 1. The Morgan fingerprint density at radius 2 is 1.92 bits per heavy atom. The highest BCUT2D eigenvalue weighted by atomic mass is 32.1. The highest BCUT2D eigenvalue weighted by Crippen LogP contribution is 2.29. The smallest absolute Gasteiger partial charge is 0.222 e. The molecule has 1 atom stereocenters. The summed E-state index contributed by atoms with van der Waals surface area (Å²) in [6.45, 7) is 5.59. The summed E-state index contributed by atoms with van der Waals surface area (Å²) in [5.41, 5.74) is 1.07. The van der Waals surface area contributed by atoms with Gasteiger partial charge in [-0.05, 0) is 18.6 Å². The van der Waals surface area contributed by atoms with Gasteiger partial charge in [0.15, 0.2) is 5.13 Å². The number of aromatic nitrogens is 1. The van der Waals surface area contributed by atoms with E-state index in [1.54, 1.807) is 16.2 Å². The third kappa shape index (κ3) is 3.78. The number of thiazole rings is 1. The van der Waals surface area contributed by atoms with Crippen molar-refractivity contribution in [3.63, 3.8) is 0 Å². The molecule has 1 aromatic carbocycles. The molecule has 0 aliphatic carbocycles. The van der Waals surface area contributed by atoms with Crippen LogP contribution in [0.2, 0.25) is 0 Å². The lowest BCUT2D eigenvalue weighted by molar-refractivity contribution is -0.129. The number of aliphatic hydroxyl groups excluding tert-OH is 1. The standard InChI is InChI=1S/C18H24N4O2S/c23-14(13-22-7-3-6-17(22)24)12-20-8-10-21(11-9-20)18-19-15-4-1-2-5-16(15)25-18/h1-2,4-5,14,23H,3,6-13H2. The molecule has 2 fully saturated rings. The van der Waals surface area contributed by atoms with Crippen LogP contribution in [0.3, 0.4) is 0 Å². The second-order valence-electron chi connectivity index (χ2n) is 6.85. The molecule has 2 aliphatic rings. The van der Waals surface area contributed by atoms with E-state index in [1.165, 1.54) is 4.70 Å². The third-order valence-electron chi connectivity index (χ3n) is 5.00. The summed E-state index contributed by atoms with van der Waals surface area (Å²) in [5.74, 6) is 0.180. The number of rotatable bonds is 5. The molecular weight excluding hydrogens is 336 g/mol. The van der Waals surface area contributed by atoms with Crippen LogP contribution in [0.4, 0.5) is 5.13 Å². The van der Waals surface area contributed by atoms with E-state index >= 15 is 0 Å². The number of piperazine rings is 1. The molecule has 2 saturated heterocycles. The lowest BCUT2D eigenvalue weighted by Crippen LogP contribution is -2.50. The first-order valence-electron chi connectivity index (χ1n) is 8.98. The van der Waals surface area contributed by atoms with Crippen LogP contribution < -0.4 is 4.90 Å². The zero-order valence-electron chi connectivity index (χ0n) is 14.3. The lowest BCUT2D eigenvalue weighted by Gasteiger charge is -2.35. The van der Waals surface area contributed by atoms with Gasteiger partial charge in [0.05, 0.1) is 16.3 Å². The second-order valence-corrected chi connectivity index (χ2v) is 7.86. The Balaban J connectivity index is 1.28. The zero-order valence-corrected chi connectivity index (χ0v) is 15.1. The van der Waals surface area contributed by atoms with E-state index in [4.69, 9.17) is 4.98 Å². The molecular formula is C18H24N4O2S. The van der Waals surface area contributed by atoms with Crippen molar-refractivity contribution in [1.82, 2.24) is 14.8 Å². The highest BCUT2D eigenvalue weighted by molar-refractivity contribution is 7.22. The van der Waals surface area contributed by atoms with Gasteiger partial charge in [-0.2, -0.15) is 0 Å². The van der Waals surface area contributed by atoms with Crippen LogP contribution in [0.1, 0.15) is 12.8 Å². The lowest BCUT2D eigenvalue weighted by atomic mass is 10.2. The number of fused-ring (bicyclic) bond motifs is 1. The number of hydrogen-bond donors (Lipinski definition) is 1. The van der Waals surface area contributed by atoms with E-state index in [9.17, 15) is 9.90 Å². The molecule has 1 aromatic heterocycles. The molecule has 2 aromatic rings. The van der Waals surface area contributed by atoms with E-state index in [1.807, 2.05) is 6.07 Å². The number of para-hydroxylation sites is 1. The SMILES string of the molecule is O=C1CCCN1CC(O)CN1CCN(c2nc3ccccc3s2)CC1. The Labute approximate surface area is 151 Å². The van der Waals surface area contributed by atoms with Crippen molar-refractivity contribution in [2.24, 2.45) is 0 Å². The van der Waals surface area contributed by atoms with Crippen molar-refractivity contribution in [3.05, 3.63) is 24.3 Å². The average Bonchev–Trinajstić information content (AvgIpc) is 3.22. The van der Waals surface area contributed by atoms with Gasteiger partial charge < -0.3 is 14.9 Å². The fourth-order valence-corrected chi connectivity index (χ4v) is 4.64. The number of amides is 1. The Hall–Kier alpha value is -1.70. The Morgan fingerprint density at radius 1 is 1.12 bits per heavy atom. The first-order chi connectivity index (χ1) is 12.2. The van der Waals surface area contributed by atoms with Crippen molar-refractivity contribution >= 4 is 32.6 Å². The number of nitrogens with zero attached hydrogens (tertiary/aromatic N) is 4. The first-order valence-corrected chi connectivity index (χ1v) is 9.79. The van der Waals surface area contributed by atoms with E-state index in [2.05, 4.69) is 28.0 Å². The summed E-state index contributed by atoms with van der Waals surface area (Å²) in [4.78, 5) is 22.8. The number of likely N-dealkylation sites (tertiary alicyclic amines) is 1. The van der Waals surface area contributed by atoms with Gasteiger partial charge in [0.1, 0.15) is 0 Å². The van der Waals surface area contributed by atoms with E-state index in [0.717, 1.165) is 49.8 Å². The molecule has 4 rings (SSSR count). The molecule has 0 spiro atoms. The fraction of sp³-hybridized carbons (Fsp3) is 0.556. The van der Waals surface area contributed by atoms with Gasteiger partial charge >= 0.3 is 0 Å². The molecule has 0 radical (unpaired) electrons. The van der Waals surface area contributed by atoms with Gasteiger partial charge in [0.2, 0.25) is 5.91 Å². The van der Waals surface area contributed by atoms with E-state index in [-0.39, 0.29) is 5.91 Å². The van der Waals surface area contributed by atoms with Crippen molar-refractivity contribution < 1.29 is 9.90 Å². The summed E-state index contributed by atoms with van der Waals surface area (Å²) < 4.78 is 1.23. The number of carbonyl (C=O) groups excluding carboxylic acids is 1. The highest BCUT2D eigenvalue weighted by Gasteiger charge is 2.25. The van der Waals surface area contributed by atoms with Gasteiger partial charge in [-0.3, -0.25) is 9.69 Å². The number of hydrogen-bond acceptors (Lipinski definition) is 6. The van der Waals surface area contributed by atoms with Crippen molar-refractivity contribution in [3.8, 4) is 0 Å². The summed E-state index contributed by atoms with van der Waals surface area (Å²) in [6, 6.07) is 8.25. The zero-order chi connectivity index (χ0) is 17.2. The molecule has 6 nitrogen and oxygen atoms in total. The van der Waals surface area contributed by atoms with Crippen molar-refractivity contribution in [2.75, 3.05) is 50.7 Å². The molecule has 1 N–H and O–H groups in total. The number of β-amino-alcohol motifs (C(OH)–C–C–N with tert-alkyl or cyclic N) is 1. The first kappa shape index (κ1) is 16.8. The summed E-state index contributed by atoms with van der Waals surface area (Å²) in [5, 5.41) is 11.4. The predicted molar refractivity (Wildman–Crippen MR) is 100 cm³/mol. The van der Waals surface area contributed by atoms with Crippen LogP contribution in [-0.4, -0.2) is 77.7 Å². The van der Waals surface area contributed by atoms with E-state index < -0.39 is 6.10 Å². The molecule has 0 bridgehead atoms. The van der Waals surface area contributed by atoms with Crippen molar-refractivity contribution in [1.29, 1.82) is 0 Å². The Morgan fingerprint density at radius 3 is 2.64 bits per heavy atom. The molecule has 2 aliphatic heterocycles. The topological polar surface area (TPSA) is 59.9 Å². The van der Waals surface area contributed by atoms with Gasteiger partial charge in [-0.15, -0.1) is 0 Å². The monoisotopic (exact) mass is 360 g/mol. The van der Waals surface area contributed by atoms with Gasteiger partial charge in [0, 0.05) is 52.2 Å². The number of anilines is 1. The molecule has 7 heteroatoms. The number of benzene rings is 1. The predicted octanol–water partition coefficient (Wildman–Crippen LogP) is 1.40. The third-order valence-corrected chi connectivity index (χ3v) is 6.09. The maximum atomic E-state index is 11.7. The van der Waals surface area contributed by atoms with Crippen LogP contribution in [-0.2, 0) is 4.79 Å². The Bertz CT molecular complexity index is 709. The minimum atomic E-state index is -0.462. The minimum Gasteiger partial charge on any atom is -0.390 e. The molecule has 25 heavy (non-hydrogen) atoms. The van der Waals surface area contributed by atoms with E-state index in [0.29, 0.717) is 19.5 Å². The molecule has 3 heterocycles. The minimum absolute atomic E-state index is 0.180. The fourth-order valence-electron chi connectivity index (χ4n) is 3.62. The number of aliphatic hydroxyl groups is 1. The van der Waals surface area contributed by atoms with Gasteiger partial charge in [-0.1, -0.05) is 23.5 Å². The van der Waals surface area contributed by atoms with Crippen LogP contribution in [0.25, 0.3) is 10.2 Å². The van der Waals surface area contributed by atoms with Crippen LogP contribution in [0.5, 0.6) is 0 Å². The summed E-state index contributed by atoms with van der Waals surface area (Å²) in [7, 11) is 0. The molecule has 0 saturated carbocycles. The van der Waals surface area contributed by atoms with Crippen LogP contribution >= 0.6 is 11.3 Å². The van der Waals surface area contributed by atoms with Crippen molar-refractivity contribution in [2.45, 2.75) is 18.9 Å². The van der Waals surface area contributed by atoms with Gasteiger partial charge in [-0.25, -0.2) is 4.98 Å². The quantitative estimate of drug-likeness (QED) is 0.873. The summed E-state index contributed by atoms with van der Waals surface area (Å²) >= 11 is 1.74. The normalized spacial score (nSPS) is 20.6. The second kappa shape index (κ2) is 7.27. The van der Waals surface area contributed by atoms with Crippen LogP contribution in [0, 0.1) is 0 Å². The average molecular weight is 360 g/mol. The maximum absolute atomic E-state index is 11.7. The molecule has 1 amide bonds. The maximum Gasteiger partial charge on any atom is 0.222 e. The van der Waals surface area contributed by atoms with Gasteiger partial charge in [0.25, 0.3) is 0 Å². The Kier molecular flexibility index (Phi) is 4.87. The molecule has 1 unspecified atom stereocenters. The molecule has 134 valence electrons. The largest absolute Gasteiger partial charge is 0.390 e.